The Hall–Kier alpha value is -2.46. The molecule has 0 bridgehead atoms. The van der Waals surface area contributed by atoms with E-state index in [2.05, 4.69) is 0 Å². The molecule has 0 aliphatic carbocycles. The molecule has 112 valence electrons. The molecule has 3 rings (SSSR count). The number of aryl methyl sites for hydroxylation is 1. The van der Waals surface area contributed by atoms with Gasteiger partial charge in [-0.15, -0.1) is 0 Å². The summed E-state index contributed by atoms with van der Waals surface area (Å²) in [7, 11) is 1.83. The summed E-state index contributed by atoms with van der Waals surface area (Å²) in [6.07, 6.45) is 1.88. The van der Waals surface area contributed by atoms with Gasteiger partial charge in [0.15, 0.2) is 0 Å². The molecule has 0 saturated carbocycles. The quantitative estimate of drug-likeness (QED) is 0.788. The third kappa shape index (κ3) is 2.53. The molecule has 22 heavy (non-hydrogen) atoms. The van der Waals surface area contributed by atoms with E-state index in [0.29, 0.717) is 22.9 Å². The third-order valence-corrected chi connectivity index (χ3v) is 3.85. The molecule has 1 N–H and O–H groups in total. The second-order valence-corrected chi connectivity index (χ2v) is 5.40. The molecule has 0 atom stereocenters. The van der Waals surface area contributed by atoms with Crippen LogP contribution >= 0.6 is 11.6 Å². The predicted molar refractivity (Wildman–Crippen MR) is 85.7 cm³/mol. The monoisotopic (exact) mass is 315 g/mol. The van der Waals surface area contributed by atoms with E-state index in [1.165, 1.54) is 0 Å². The van der Waals surface area contributed by atoms with Crippen molar-refractivity contribution in [3.05, 3.63) is 64.8 Å². The fourth-order valence-electron chi connectivity index (χ4n) is 2.56. The minimum Gasteiger partial charge on any atom is -0.487 e. The van der Waals surface area contributed by atoms with Gasteiger partial charge >= 0.3 is 5.97 Å². The lowest BCUT2D eigenvalue weighted by Gasteiger charge is -2.07. The zero-order valence-electron chi connectivity index (χ0n) is 11.9. The van der Waals surface area contributed by atoms with Crippen LogP contribution in [0.2, 0.25) is 5.02 Å². The van der Waals surface area contributed by atoms with Crippen molar-refractivity contribution in [3.63, 3.8) is 0 Å². The minimum atomic E-state index is -0.939. The van der Waals surface area contributed by atoms with Crippen molar-refractivity contribution in [1.29, 1.82) is 0 Å². The van der Waals surface area contributed by atoms with E-state index in [-0.39, 0.29) is 5.56 Å². The first-order chi connectivity index (χ1) is 10.6. The molecule has 3 aromatic rings. The predicted octanol–water partition coefficient (Wildman–Crippen LogP) is 4.11. The largest absolute Gasteiger partial charge is 0.487 e. The summed E-state index contributed by atoms with van der Waals surface area (Å²) in [6, 6.07) is 12.5. The third-order valence-electron chi connectivity index (χ3n) is 3.53. The van der Waals surface area contributed by atoms with Crippen molar-refractivity contribution in [2.45, 2.75) is 6.61 Å². The molecule has 0 radical (unpaired) electrons. The molecule has 0 aliphatic rings. The van der Waals surface area contributed by atoms with Crippen LogP contribution in [0.25, 0.3) is 10.9 Å². The van der Waals surface area contributed by atoms with Gasteiger partial charge in [0.05, 0.1) is 16.1 Å². The molecule has 0 fully saturated rings. The number of hydrogen-bond acceptors (Lipinski definition) is 2. The average molecular weight is 316 g/mol. The normalized spacial score (nSPS) is 10.8. The fraction of sp³-hybridized carbons (Fsp3) is 0.118. The van der Waals surface area contributed by atoms with Gasteiger partial charge in [-0.25, -0.2) is 4.79 Å². The van der Waals surface area contributed by atoms with E-state index >= 15 is 0 Å². The van der Waals surface area contributed by atoms with Crippen molar-refractivity contribution >= 4 is 28.5 Å². The summed E-state index contributed by atoms with van der Waals surface area (Å²) in [5.74, 6) is -0.332. The highest BCUT2D eigenvalue weighted by Gasteiger charge is 2.15. The Bertz CT molecular complexity index is 854. The number of carbonyl (C=O) groups is 1. The number of aromatic nitrogens is 1. The number of rotatable bonds is 4. The number of halogens is 1. The average Bonchev–Trinajstić information content (AvgIpc) is 2.83. The van der Waals surface area contributed by atoms with Crippen molar-refractivity contribution in [3.8, 4) is 5.75 Å². The molecule has 1 aromatic heterocycles. The Morgan fingerprint density at radius 3 is 2.73 bits per heavy atom. The summed E-state index contributed by atoms with van der Waals surface area (Å²) in [4.78, 5) is 11.3. The van der Waals surface area contributed by atoms with Crippen LogP contribution in [0.15, 0.2) is 48.7 Å². The van der Waals surface area contributed by atoms with E-state index in [4.69, 9.17) is 16.3 Å². The van der Waals surface area contributed by atoms with E-state index in [0.717, 1.165) is 10.9 Å². The fourth-order valence-corrected chi connectivity index (χ4v) is 2.75. The number of hydrogen-bond donors (Lipinski definition) is 1. The molecule has 0 spiro atoms. The van der Waals surface area contributed by atoms with E-state index < -0.39 is 5.97 Å². The number of fused-ring (bicyclic) bond motifs is 1. The first-order valence-corrected chi connectivity index (χ1v) is 7.13. The number of carboxylic acid groups (broad SMARTS) is 1. The topological polar surface area (TPSA) is 51.5 Å². The van der Waals surface area contributed by atoms with Crippen LogP contribution in [0.1, 0.15) is 15.9 Å². The van der Waals surface area contributed by atoms with E-state index in [9.17, 15) is 9.90 Å². The highest BCUT2D eigenvalue weighted by atomic mass is 35.5. The van der Waals surface area contributed by atoms with Gasteiger partial charge in [-0.2, -0.15) is 0 Å². The number of aromatic carboxylic acids is 1. The van der Waals surface area contributed by atoms with Gasteiger partial charge in [-0.1, -0.05) is 35.9 Å². The van der Waals surface area contributed by atoms with Crippen LogP contribution in [0.3, 0.4) is 0 Å². The zero-order chi connectivity index (χ0) is 15.7. The van der Waals surface area contributed by atoms with Gasteiger partial charge < -0.3 is 14.4 Å². The Labute approximate surface area is 132 Å². The number of benzene rings is 2. The SMILES string of the molecule is Cn1cc(COc2ccccc2Cl)c2cccc(C(=O)O)c21. The lowest BCUT2D eigenvalue weighted by Crippen LogP contribution is -1.99. The summed E-state index contributed by atoms with van der Waals surface area (Å²) in [5, 5.41) is 10.7. The Balaban J connectivity index is 1.97. The standard InChI is InChI=1S/C17H14ClNO3/c1-19-9-11(10-22-15-8-3-2-7-14(15)18)12-5-4-6-13(16(12)19)17(20)21/h2-9H,10H2,1H3,(H,20,21). The first-order valence-electron chi connectivity index (χ1n) is 6.75. The summed E-state index contributed by atoms with van der Waals surface area (Å²) in [6.45, 7) is 0.324. The van der Waals surface area contributed by atoms with Crippen molar-refractivity contribution < 1.29 is 14.6 Å². The van der Waals surface area contributed by atoms with Gasteiger partial charge in [0.1, 0.15) is 12.4 Å². The molecule has 0 saturated heterocycles. The molecule has 5 heteroatoms. The van der Waals surface area contributed by atoms with Crippen LogP contribution in [0.4, 0.5) is 0 Å². The number of carboxylic acids is 1. The smallest absolute Gasteiger partial charge is 0.337 e. The van der Waals surface area contributed by atoms with Crippen LogP contribution in [0.5, 0.6) is 5.75 Å². The van der Waals surface area contributed by atoms with Gasteiger partial charge in [0, 0.05) is 24.2 Å². The highest BCUT2D eigenvalue weighted by molar-refractivity contribution is 6.32. The molecule has 1 heterocycles. The summed E-state index contributed by atoms with van der Waals surface area (Å²) >= 11 is 6.07. The number of nitrogens with zero attached hydrogens (tertiary/aromatic N) is 1. The molecular formula is C17H14ClNO3. The first kappa shape index (κ1) is 14.5. The Morgan fingerprint density at radius 2 is 2.00 bits per heavy atom. The van der Waals surface area contributed by atoms with Gasteiger partial charge in [-0.05, 0) is 18.2 Å². The van der Waals surface area contributed by atoms with Crippen LogP contribution in [-0.4, -0.2) is 15.6 Å². The minimum absolute atomic E-state index is 0.281. The molecule has 0 unspecified atom stereocenters. The van der Waals surface area contributed by atoms with E-state index in [1.807, 2.05) is 36.0 Å². The maximum absolute atomic E-state index is 11.3. The van der Waals surface area contributed by atoms with Gasteiger partial charge in [0.25, 0.3) is 0 Å². The van der Waals surface area contributed by atoms with Gasteiger partial charge in [-0.3, -0.25) is 0 Å². The van der Waals surface area contributed by atoms with Crippen LogP contribution in [-0.2, 0) is 13.7 Å². The molecule has 4 nitrogen and oxygen atoms in total. The van der Waals surface area contributed by atoms with Crippen LogP contribution < -0.4 is 4.74 Å². The molecule has 0 amide bonds. The lowest BCUT2D eigenvalue weighted by atomic mass is 10.1. The van der Waals surface area contributed by atoms with Crippen LogP contribution in [0, 0.1) is 0 Å². The second kappa shape index (κ2) is 5.73. The number of ether oxygens (including phenoxy) is 1. The second-order valence-electron chi connectivity index (χ2n) is 4.99. The Kier molecular flexibility index (Phi) is 3.77. The zero-order valence-corrected chi connectivity index (χ0v) is 12.7. The molecular weight excluding hydrogens is 302 g/mol. The van der Waals surface area contributed by atoms with E-state index in [1.54, 1.807) is 24.3 Å². The number of para-hydroxylation sites is 2. The van der Waals surface area contributed by atoms with Gasteiger partial charge in [0.2, 0.25) is 0 Å². The van der Waals surface area contributed by atoms with Crippen molar-refractivity contribution in [1.82, 2.24) is 4.57 Å². The molecule has 0 aliphatic heterocycles. The molecule has 2 aromatic carbocycles. The van der Waals surface area contributed by atoms with Crippen molar-refractivity contribution in [2.75, 3.05) is 0 Å². The highest BCUT2D eigenvalue weighted by Crippen LogP contribution is 2.28. The lowest BCUT2D eigenvalue weighted by molar-refractivity contribution is 0.0698. The summed E-state index contributed by atoms with van der Waals surface area (Å²) < 4.78 is 7.56. The Morgan fingerprint density at radius 1 is 1.23 bits per heavy atom. The van der Waals surface area contributed by atoms with Crippen molar-refractivity contribution in [2.24, 2.45) is 7.05 Å². The summed E-state index contributed by atoms with van der Waals surface area (Å²) in [5.41, 5.74) is 1.89. The maximum atomic E-state index is 11.3. The maximum Gasteiger partial charge on any atom is 0.337 e.